The van der Waals surface area contributed by atoms with Crippen LogP contribution in [-0.2, 0) is 24.2 Å². The zero-order chi connectivity index (χ0) is 16.4. The lowest BCUT2D eigenvalue weighted by atomic mass is 10.1. The molecule has 0 unspecified atom stereocenters. The lowest BCUT2D eigenvalue weighted by Gasteiger charge is -2.11. The van der Waals surface area contributed by atoms with Crippen LogP contribution in [0.2, 0.25) is 0 Å². The first-order valence-electron chi connectivity index (χ1n) is 7.91. The highest BCUT2D eigenvalue weighted by atomic mass is 127. The second-order valence-corrected chi connectivity index (χ2v) is 4.74. The molecule has 132 valence electrons. The Bertz CT molecular complexity index is 481. The van der Waals surface area contributed by atoms with Gasteiger partial charge in [0.05, 0.1) is 18.8 Å². The Morgan fingerprint density at radius 3 is 2.35 bits per heavy atom. The van der Waals surface area contributed by atoms with E-state index < -0.39 is 0 Å². The van der Waals surface area contributed by atoms with E-state index in [0.29, 0.717) is 19.0 Å². The molecule has 0 fully saturated rings. The number of likely N-dealkylation sites (N-methyl/N-ethyl adjacent to an activating group) is 1. The maximum Gasteiger partial charge on any atom is 0.239 e. The number of rotatable bonds is 8. The standard InChI is InChI=1S/C15H27N5O2.HI/c1-5-12-11(13(6-2)22-20-12)9-18-15(17-8-4)19-10-14(21)16-7-3;/h5-10H2,1-4H3,(H,16,21)(H2,17,18,19);1H. The van der Waals surface area contributed by atoms with Crippen molar-refractivity contribution < 1.29 is 9.32 Å². The van der Waals surface area contributed by atoms with Crippen LogP contribution in [0.15, 0.2) is 9.52 Å². The van der Waals surface area contributed by atoms with E-state index in [2.05, 4.69) is 26.1 Å². The van der Waals surface area contributed by atoms with E-state index in [1.165, 1.54) is 0 Å². The number of carbonyl (C=O) groups excluding carboxylic acids is 1. The van der Waals surface area contributed by atoms with Crippen LogP contribution >= 0.6 is 24.0 Å². The van der Waals surface area contributed by atoms with E-state index in [1.54, 1.807) is 0 Å². The van der Waals surface area contributed by atoms with Crippen molar-refractivity contribution in [1.82, 2.24) is 21.1 Å². The minimum atomic E-state index is -0.0541. The Hall–Kier alpha value is -1.32. The summed E-state index contributed by atoms with van der Waals surface area (Å²) in [6, 6.07) is 0. The number of hydrogen-bond acceptors (Lipinski definition) is 4. The van der Waals surface area contributed by atoms with Gasteiger partial charge in [0.2, 0.25) is 5.91 Å². The van der Waals surface area contributed by atoms with Gasteiger partial charge in [0.25, 0.3) is 0 Å². The molecule has 0 atom stereocenters. The molecule has 1 amide bonds. The van der Waals surface area contributed by atoms with Gasteiger partial charge in [-0.2, -0.15) is 0 Å². The van der Waals surface area contributed by atoms with Gasteiger partial charge in [-0.1, -0.05) is 19.0 Å². The summed E-state index contributed by atoms with van der Waals surface area (Å²) < 4.78 is 5.33. The fourth-order valence-electron chi connectivity index (χ4n) is 2.04. The third-order valence-corrected chi connectivity index (χ3v) is 3.14. The molecule has 3 N–H and O–H groups in total. The number of nitrogens with zero attached hydrogens (tertiary/aromatic N) is 2. The highest BCUT2D eigenvalue weighted by Crippen LogP contribution is 2.16. The minimum absolute atomic E-state index is 0. The van der Waals surface area contributed by atoms with Crippen LogP contribution in [0.5, 0.6) is 0 Å². The van der Waals surface area contributed by atoms with Crippen LogP contribution in [0.25, 0.3) is 0 Å². The molecule has 0 saturated carbocycles. The molecule has 1 heterocycles. The predicted octanol–water partition coefficient (Wildman–Crippen LogP) is 1.61. The van der Waals surface area contributed by atoms with Gasteiger partial charge in [-0.3, -0.25) is 4.79 Å². The topological polar surface area (TPSA) is 91.5 Å². The molecular weight excluding hydrogens is 409 g/mol. The monoisotopic (exact) mass is 437 g/mol. The summed E-state index contributed by atoms with van der Waals surface area (Å²) in [5.41, 5.74) is 1.99. The van der Waals surface area contributed by atoms with E-state index >= 15 is 0 Å². The molecule has 1 aromatic heterocycles. The average molecular weight is 437 g/mol. The summed E-state index contributed by atoms with van der Waals surface area (Å²) in [7, 11) is 0. The minimum Gasteiger partial charge on any atom is -0.361 e. The summed E-state index contributed by atoms with van der Waals surface area (Å²) in [6.07, 6.45) is 1.61. The number of aryl methyl sites for hydroxylation is 2. The SMILES string of the molecule is CCNC(=O)CNC(=NCc1c(CC)noc1CC)NCC.I. The highest BCUT2D eigenvalue weighted by Gasteiger charge is 2.13. The third kappa shape index (κ3) is 7.19. The second-order valence-electron chi connectivity index (χ2n) is 4.74. The lowest BCUT2D eigenvalue weighted by Crippen LogP contribution is -2.43. The quantitative estimate of drug-likeness (QED) is 0.327. The number of aliphatic imine (C=N–C) groups is 1. The number of hydrogen-bond donors (Lipinski definition) is 3. The Labute approximate surface area is 155 Å². The van der Waals surface area contributed by atoms with Crippen molar-refractivity contribution >= 4 is 35.8 Å². The fourth-order valence-corrected chi connectivity index (χ4v) is 2.04. The van der Waals surface area contributed by atoms with Gasteiger partial charge < -0.3 is 20.5 Å². The molecule has 0 aromatic carbocycles. The molecule has 0 spiro atoms. The Kier molecular flexibility index (Phi) is 11.4. The number of guanidine groups is 1. The number of aromatic nitrogens is 1. The van der Waals surface area contributed by atoms with E-state index in [-0.39, 0.29) is 36.4 Å². The van der Waals surface area contributed by atoms with Gasteiger partial charge in [0.1, 0.15) is 5.76 Å². The van der Waals surface area contributed by atoms with Crippen molar-refractivity contribution in [2.45, 2.75) is 47.1 Å². The van der Waals surface area contributed by atoms with Crippen molar-refractivity contribution in [3.05, 3.63) is 17.0 Å². The van der Waals surface area contributed by atoms with Gasteiger partial charge in [-0.15, -0.1) is 24.0 Å². The molecular formula is C15H28IN5O2. The van der Waals surface area contributed by atoms with Crippen molar-refractivity contribution in [1.29, 1.82) is 0 Å². The predicted molar refractivity (Wildman–Crippen MR) is 102 cm³/mol. The van der Waals surface area contributed by atoms with Gasteiger partial charge >= 0.3 is 0 Å². The summed E-state index contributed by atoms with van der Waals surface area (Å²) in [5.74, 6) is 1.43. The molecule has 23 heavy (non-hydrogen) atoms. The fraction of sp³-hybridized carbons (Fsp3) is 0.667. The Balaban J connectivity index is 0.00000484. The van der Waals surface area contributed by atoms with Crippen LogP contribution in [0.1, 0.15) is 44.7 Å². The molecule has 0 radical (unpaired) electrons. The number of carbonyl (C=O) groups is 1. The van der Waals surface area contributed by atoms with Crippen LogP contribution in [0.4, 0.5) is 0 Å². The summed E-state index contributed by atoms with van der Waals surface area (Å²) in [5, 5.41) is 13.0. The molecule has 0 aliphatic heterocycles. The van der Waals surface area contributed by atoms with Gasteiger partial charge in [-0.25, -0.2) is 4.99 Å². The van der Waals surface area contributed by atoms with Crippen LogP contribution in [0.3, 0.4) is 0 Å². The summed E-state index contributed by atoms with van der Waals surface area (Å²) in [6.45, 7) is 9.99. The first kappa shape index (κ1) is 21.7. The lowest BCUT2D eigenvalue weighted by molar-refractivity contribution is -0.119. The summed E-state index contributed by atoms with van der Waals surface area (Å²) in [4.78, 5) is 16.0. The van der Waals surface area contributed by atoms with E-state index in [4.69, 9.17) is 4.52 Å². The van der Waals surface area contributed by atoms with Crippen molar-refractivity contribution in [2.75, 3.05) is 19.6 Å². The maximum absolute atomic E-state index is 11.5. The Morgan fingerprint density at radius 2 is 1.78 bits per heavy atom. The number of amides is 1. The third-order valence-electron chi connectivity index (χ3n) is 3.14. The molecule has 0 aliphatic rings. The summed E-state index contributed by atoms with van der Waals surface area (Å²) >= 11 is 0. The highest BCUT2D eigenvalue weighted by molar-refractivity contribution is 14.0. The molecule has 8 heteroatoms. The zero-order valence-electron chi connectivity index (χ0n) is 14.4. The van der Waals surface area contributed by atoms with Gasteiger partial charge in [0, 0.05) is 25.1 Å². The van der Waals surface area contributed by atoms with Gasteiger partial charge in [0.15, 0.2) is 5.96 Å². The van der Waals surface area contributed by atoms with Crippen LogP contribution in [0, 0.1) is 0 Å². The molecule has 0 bridgehead atoms. The van der Waals surface area contributed by atoms with E-state index in [0.717, 1.165) is 36.4 Å². The molecule has 7 nitrogen and oxygen atoms in total. The van der Waals surface area contributed by atoms with Crippen LogP contribution < -0.4 is 16.0 Å². The average Bonchev–Trinajstić information content (AvgIpc) is 2.92. The largest absolute Gasteiger partial charge is 0.361 e. The van der Waals surface area contributed by atoms with E-state index in [9.17, 15) is 4.79 Å². The smallest absolute Gasteiger partial charge is 0.239 e. The first-order chi connectivity index (χ1) is 10.7. The molecule has 1 aromatic rings. The Morgan fingerprint density at radius 1 is 1.09 bits per heavy atom. The van der Waals surface area contributed by atoms with Crippen LogP contribution in [-0.4, -0.2) is 36.7 Å². The number of nitrogens with one attached hydrogen (secondary N) is 3. The number of halogens is 1. The van der Waals surface area contributed by atoms with Crippen molar-refractivity contribution in [3.8, 4) is 0 Å². The maximum atomic E-state index is 11.5. The normalized spacial score (nSPS) is 10.9. The van der Waals surface area contributed by atoms with E-state index in [1.807, 2.05) is 27.7 Å². The second kappa shape index (κ2) is 12.1. The molecule has 0 saturated heterocycles. The van der Waals surface area contributed by atoms with Crippen molar-refractivity contribution in [3.63, 3.8) is 0 Å². The van der Waals surface area contributed by atoms with Crippen molar-refractivity contribution in [2.24, 2.45) is 4.99 Å². The zero-order valence-corrected chi connectivity index (χ0v) is 16.7. The molecule has 0 aliphatic carbocycles. The van der Waals surface area contributed by atoms with Gasteiger partial charge in [-0.05, 0) is 20.3 Å². The first-order valence-corrected chi connectivity index (χ1v) is 7.91. The molecule has 1 rings (SSSR count).